The zero-order valence-corrected chi connectivity index (χ0v) is 13.4. The summed E-state index contributed by atoms with van der Waals surface area (Å²) in [7, 11) is 3.29. The zero-order chi connectivity index (χ0) is 16.1. The fourth-order valence-corrected chi connectivity index (χ4v) is 2.62. The summed E-state index contributed by atoms with van der Waals surface area (Å²) < 4.78 is 22.4. The first-order chi connectivity index (χ1) is 11.3. The SMILES string of the molecule is COc1cccc(CNCC2COc3ccccc3O2)c1OC. The van der Waals surface area contributed by atoms with Gasteiger partial charge in [0.05, 0.1) is 14.2 Å². The van der Waals surface area contributed by atoms with Crippen molar-refractivity contribution in [2.45, 2.75) is 12.6 Å². The van der Waals surface area contributed by atoms with Crippen LogP contribution < -0.4 is 24.3 Å². The lowest BCUT2D eigenvalue weighted by Gasteiger charge is -2.26. The lowest BCUT2D eigenvalue weighted by Crippen LogP contribution is -2.38. The minimum atomic E-state index is -0.0125. The van der Waals surface area contributed by atoms with Crippen LogP contribution in [0.3, 0.4) is 0 Å². The van der Waals surface area contributed by atoms with Crippen molar-refractivity contribution in [3.63, 3.8) is 0 Å². The number of rotatable bonds is 6. The average Bonchev–Trinajstić information content (AvgIpc) is 2.61. The van der Waals surface area contributed by atoms with Crippen molar-refractivity contribution in [1.82, 2.24) is 5.32 Å². The molecular weight excluding hydrogens is 294 g/mol. The third kappa shape index (κ3) is 3.51. The van der Waals surface area contributed by atoms with Gasteiger partial charge in [-0.1, -0.05) is 24.3 Å². The third-order valence-corrected chi connectivity index (χ3v) is 3.74. The summed E-state index contributed by atoms with van der Waals surface area (Å²) in [6, 6.07) is 13.6. The van der Waals surface area contributed by atoms with Crippen LogP contribution in [0.2, 0.25) is 0 Å². The van der Waals surface area contributed by atoms with Gasteiger partial charge in [0.15, 0.2) is 23.0 Å². The van der Waals surface area contributed by atoms with Crippen LogP contribution in [0, 0.1) is 0 Å². The van der Waals surface area contributed by atoms with E-state index in [-0.39, 0.29) is 6.10 Å². The van der Waals surface area contributed by atoms with Crippen LogP contribution in [-0.2, 0) is 6.54 Å². The Hall–Kier alpha value is -2.40. The van der Waals surface area contributed by atoms with E-state index in [1.165, 1.54) is 0 Å². The second-order valence-electron chi connectivity index (χ2n) is 5.28. The quantitative estimate of drug-likeness (QED) is 0.888. The molecule has 1 heterocycles. The molecule has 1 aliphatic rings. The van der Waals surface area contributed by atoms with Gasteiger partial charge in [-0.2, -0.15) is 0 Å². The maximum absolute atomic E-state index is 5.93. The highest BCUT2D eigenvalue weighted by atomic mass is 16.6. The summed E-state index contributed by atoms with van der Waals surface area (Å²) in [5, 5.41) is 3.39. The second kappa shape index (κ2) is 7.24. The van der Waals surface area contributed by atoms with E-state index in [1.54, 1.807) is 14.2 Å². The summed E-state index contributed by atoms with van der Waals surface area (Å²) in [5.41, 5.74) is 1.05. The normalized spacial score (nSPS) is 16.0. The van der Waals surface area contributed by atoms with Crippen molar-refractivity contribution in [2.75, 3.05) is 27.4 Å². The van der Waals surface area contributed by atoms with Crippen molar-refractivity contribution in [2.24, 2.45) is 0 Å². The average molecular weight is 315 g/mol. The van der Waals surface area contributed by atoms with Crippen molar-refractivity contribution in [3.8, 4) is 23.0 Å². The fourth-order valence-electron chi connectivity index (χ4n) is 2.62. The van der Waals surface area contributed by atoms with Gasteiger partial charge in [0, 0.05) is 18.7 Å². The number of hydrogen-bond acceptors (Lipinski definition) is 5. The lowest BCUT2D eigenvalue weighted by atomic mass is 10.1. The molecule has 0 bridgehead atoms. The van der Waals surface area contributed by atoms with Gasteiger partial charge in [0.25, 0.3) is 0 Å². The molecule has 0 aromatic heterocycles. The van der Waals surface area contributed by atoms with Crippen LogP contribution in [-0.4, -0.2) is 33.5 Å². The van der Waals surface area contributed by atoms with E-state index in [0.29, 0.717) is 19.7 Å². The molecule has 2 aromatic carbocycles. The number of nitrogens with one attached hydrogen (secondary N) is 1. The van der Waals surface area contributed by atoms with Crippen molar-refractivity contribution in [1.29, 1.82) is 0 Å². The Kier molecular flexibility index (Phi) is 4.88. The molecule has 2 aromatic rings. The van der Waals surface area contributed by atoms with E-state index in [0.717, 1.165) is 28.6 Å². The first kappa shape index (κ1) is 15.5. The van der Waals surface area contributed by atoms with E-state index in [4.69, 9.17) is 18.9 Å². The lowest BCUT2D eigenvalue weighted by molar-refractivity contribution is 0.0902. The van der Waals surface area contributed by atoms with Crippen LogP contribution in [0.15, 0.2) is 42.5 Å². The molecule has 0 fully saturated rings. The van der Waals surface area contributed by atoms with Gasteiger partial charge < -0.3 is 24.3 Å². The highest BCUT2D eigenvalue weighted by Crippen LogP contribution is 2.31. The van der Waals surface area contributed by atoms with Gasteiger partial charge in [-0.25, -0.2) is 0 Å². The molecule has 3 rings (SSSR count). The number of benzene rings is 2. The Morgan fingerprint density at radius 3 is 2.65 bits per heavy atom. The summed E-state index contributed by atoms with van der Waals surface area (Å²) >= 11 is 0. The fraction of sp³-hybridized carbons (Fsp3) is 0.333. The molecule has 23 heavy (non-hydrogen) atoms. The topological polar surface area (TPSA) is 49.0 Å². The summed E-state index contributed by atoms with van der Waals surface area (Å²) in [4.78, 5) is 0. The molecule has 1 aliphatic heterocycles. The van der Waals surface area contributed by atoms with Crippen molar-refractivity contribution < 1.29 is 18.9 Å². The van der Waals surface area contributed by atoms with E-state index in [9.17, 15) is 0 Å². The highest BCUT2D eigenvalue weighted by molar-refractivity contribution is 5.46. The van der Waals surface area contributed by atoms with Crippen LogP contribution in [0.5, 0.6) is 23.0 Å². The molecule has 0 radical (unpaired) electrons. The van der Waals surface area contributed by atoms with E-state index < -0.39 is 0 Å². The molecule has 0 saturated carbocycles. The largest absolute Gasteiger partial charge is 0.493 e. The maximum Gasteiger partial charge on any atom is 0.165 e. The van der Waals surface area contributed by atoms with Gasteiger partial charge >= 0.3 is 0 Å². The van der Waals surface area contributed by atoms with Gasteiger partial charge in [0.1, 0.15) is 12.7 Å². The Bertz CT molecular complexity index is 659. The van der Waals surface area contributed by atoms with Crippen molar-refractivity contribution >= 4 is 0 Å². The predicted octanol–water partition coefficient (Wildman–Crippen LogP) is 2.63. The first-order valence-electron chi connectivity index (χ1n) is 7.61. The van der Waals surface area contributed by atoms with Gasteiger partial charge in [-0.15, -0.1) is 0 Å². The van der Waals surface area contributed by atoms with Gasteiger partial charge in [-0.3, -0.25) is 0 Å². The summed E-state index contributed by atoms with van der Waals surface area (Å²) in [5.74, 6) is 3.09. The number of methoxy groups -OCH3 is 2. The minimum Gasteiger partial charge on any atom is -0.493 e. The Balaban J connectivity index is 1.57. The van der Waals surface area contributed by atoms with Crippen LogP contribution in [0.1, 0.15) is 5.56 Å². The Morgan fingerprint density at radius 1 is 1.04 bits per heavy atom. The molecule has 0 aliphatic carbocycles. The molecule has 0 spiro atoms. The summed E-state index contributed by atoms with van der Waals surface area (Å²) in [6.45, 7) is 1.90. The second-order valence-corrected chi connectivity index (χ2v) is 5.28. The standard InChI is InChI=1S/C18H21NO4/c1-20-17-9-5-6-13(18(17)21-2)10-19-11-14-12-22-15-7-3-4-8-16(15)23-14/h3-9,14,19H,10-12H2,1-2H3. The molecule has 0 saturated heterocycles. The molecule has 1 atom stereocenters. The zero-order valence-electron chi connectivity index (χ0n) is 13.4. The van der Waals surface area contributed by atoms with E-state index >= 15 is 0 Å². The number of fused-ring (bicyclic) bond motifs is 1. The van der Waals surface area contributed by atoms with Crippen molar-refractivity contribution in [3.05, 3.63) is 48.0 Å². The van der Waals surface area contributed by atoms with Crippen LogP contribution in [0.4, 0.5) is 0 Å². The minimum absolute atomic E-state index is 0.0125. The molecule has 1 unspecified atom stereocenters. The number of hydrogen-bond donors (Lipinski definition) is 1. The summed E-state index contributed by atoms with van der Waals surface area (Å²) in [6.07, 6.45) is -0.0125. The molecule has 1 N–H and O–H groups in total. The van der Waals surface area contributed by atoms with Crippen LogP contribution in [0.25, 0.3) is 0 Å². The predicted molar refractivity (Wildman–Crippen MR) is 87.6 cm³/mol. The van der Waals surface area contributed by atoms with Gasteiger partial charge in [0.2, 0.25) is 0 Å². The monoisotopic (exact) mass is 315 g/mol. The first-order valence-corrected chi connectivity index (χ1v) is 7.61. The Morgan fingerprint density at radius 2 is 1.87 bits per heavy atom. The third-order valence-electron chi connectivity index (χ3n) is 3.74. The molecule has 5 heteroatoms. The smallest absolute Gasteiger partial charge is 0.165 e. The highest BCUT2D eigenvalue weighted by Gasteiger charge is 2.20. The molecule has 122 valence electrons. The molecule has 0 amide bonds. The number of ether oxygens (including phenoxy) is 4. The van der Waals surface area contributed by atoms with Crippen LogP contribution >= 0.6 is 0 Å². The molecular formula is C18H21NO4. The van der Waals surface area contributed by atoms with Gasteiger partial charge in [-0.05, 0) is 18.2 Å². The maximum atomic E-state index is 5.93. The Labute approximate surface area is 136 Å². The van der Waals surface area contributed by atoms with E-state index in [2.05, 4.69) is 5.32 Å². The molecule has 5 nitrogen and oxygen atoms in total. The van der Waals surface area contributed by atoms with E-state index in [1.807, 2.05) is 42.5 Å². The number of para-hydroxylation sites is 3.